The molecule has 0 aliphatic heterocycles. The number of fused-ring (bicyclic) bond motifs is 1. The van der Waals surface area contributed by atoms with Crippen molar-refractivity contribution in [1.82, 2.24) is 14.4 Å². The van der Waals surface area contributed by atoms with Gasteiger partial charge in [0, 0.05) is 12.4 Å². The van der Waals surface area contributed by atoms with Gasteiger partial charge < -0.3 is 9.05 Å². The minimum Gasteiger partial charge on any atom is -0.306 e. The third-order valence-electron chi connectivity index (χ3n) is 2.79. The molecule has 6 nitrogen and oxygen atoms in total. The largest absolute Gasteiger partial charge is 0.337 e. The van der Waals surface area contributed by atoms with Gasteiger partial charge in [0.1, 0.15) is 0 Å². The van der Waals surface area contributed by atoms with Gasteiger partial charge in [-0.25, -0.2) is 9.97 Å². The lowest BCUT2D eigenvalue weighted by atomic mass is 10.4. The van der Waals surface area contributed by atoms with E-state index in [0.29, 0.717) is 5.78 Å². The predicted molar refractivity (Wildman–Crippen MR) is 81.5 cm³/mol. The molecule has 0 amide bonds. The Morgan fingerprint density at radius 3 is 2.43 bits per heavy atom. The molecule has 2 aromatic heterocycles. The Hall–Kier alpha value is -1.23. The van der Waals surface area contributed by atoms with E-state index in [-0.39, 0.29) is 18.4 Å². The number of hydrogen-bond donors (Lipinski definition) is 0. The molecule has 0 atom stereocenters. The molecule has 2 rings (SSSR count). The number of aromatic nitrogens is 3. The van der Waals surface area contributed by atoms with E-state index >= 15 is 0 Å². The summed E-state index contributed by atoms with van der Waals surface area (Å²) in [7, 11) is -3.24. The van der Waals surface area contributed by atoms with Crippen molar-refractivity contribution in [1.29, 1.82) is 0 Å². The van der Waals surface area contributed by atoms with Crippen molar-refractivity contribution in [2.24, 2.45) is 0 Å². The fourth-order valence-corrected chi connectivity index (χ4v) is 4.39. The van der Waals surface area contributed by atoms with Crippen molar-refractivity contribution in [3.05, 3.63) is 29.8 Å². The molecule has 0 aromatic carbocycles. The van der Waals surface area contributed by atoms with Gasteiger partial charge in [0.2, 0.25) is 5.78 Å². The van der Waals surface area contributed by atoms with E-state index in [1.54, 1.807) is 6.20 Å². The number of aryl methyl sites for hydroxylation is 1. The average molecular weight is 311 g/mol. The molecule has 0 spiro atoms. The molecule has 0 saturated heterocycles. The maximum atomic E-state index is 13.0. The molecular weight excluding hydrogens is 289 g/mol. The van der Waals surface area contributed by atoms with Crippen LogP contribution in [0.5, 0.6) is 0 Å². The quantitative estimate of drug-likeness (QED) is 0.763. The number of nitrogens with zero attached hydrogens (tertiary/aromatic N) is 3. The van der Waals surface area contributed by atoms with E-state index in [2.05, 4.69) is 9.97 Å². The van der Waals surface area contributed by atoms with Gasteiger partial charge in [-0.15, -0.1) is 0 Å². The molecule has 0 N–H and O–H groups in total. The highest BCUT2D eigenvalue weighted by atomic mass is 31.2. The number of rotatable bonds is 6. The summed E-state index contributed by atoms with van der Waals surface area (Å²) < 4.78 is 26.0. The van der Waals surface area contributed by atoms with Crippen molar-refractivity contribution in [2.45, 2.75) is 53.0 Å². The summed E-state index contributed by atoms with van der Waals surface area (Å²) in [5.74, 6) is 0.589. The maximum absolute atomic E-state index is 13.0. The Kier molecular flexibility index (Phi) is 4.81. The molecule has 116 valence electrons. The molecule has 2 aromatic rings. The average Bonchev–Trinajstić information content (AvgIpc) is 2.63. The van der Waals surface area contributed by atoms with Gasteiger partial charge in [-0.05, 0) is 40.7 Å². The molecule has 21 heavy (non-hydrogen) atoms. The van der Waals surface area contributed by atoms with Crippen LogP contribution in [-0.2, 0) is 19.8 Å². The summed E-state index contributed by atoms with van der Waals surface area (Å²) in [4.78, 5) is 8.57. The van der Waals surface area contributed by atoms with E-state index < -0.39 is 7.60 Å². The Morgan fingerprint density at radius 2 is 1.86 bits per heavy atom. The molecule has 0 aliphatic rings. The maximum Gasteiger partial charge on any atom is 0.337 e. The molecule has 0 radical (unpaired) electrons. The van der Waals surface area contributed by atoms with Crippen LogP contribution in [0.3, 0.4) is 0 Å². The van der Waals surface area contributed by atoms with Crippen molar-refractivity contribution < 1.29 is 13.6 Å². The summed E-state index contributed by atoms with van der Waals surface area (Å²) in [6.07, 6.45) is 3.37. The topological polar surface area (TPSA) is 65.7 Å². The highest BCUT2D eigenvalue weighted by Gasteiger charge is 2.30. The fraction of sp³-hybridized carbons (Fsp3) is 0.571. The molecule has 0 saturated carbocycles. The van der Waals surface area contributed by atoms with Crippen molar-refractivity contribution in [2.75, 3.05) is 0 Å². The Bertz CT molecular complexity index is 653. The Balaban J connectivity index is 2.38. The molecular formula is C14H22N3O3P. The van der Waals surface area contributed by atoms with E-state index in [1.807, 2.05) is 51.3 Å². The molecule has 0 aliphatic carbocycles. The molecule has 7 heteroatoms. The van der Waals surface area contributed by atoms with Crippen LogP contribution < -0.4 is 0 Å². The highest BCUT2D eigenvalue weighted by molar-refractivity contribution is 7.53. The molecule has 0 bridgehead atoms. The second-order valence-electron chi connectivity index (χ2n) is 5.51. The lowest BCUT2D eigenvalue weighted by molar-refractivity contribution is 0.141. The minimum atomic E-state index is -3.24. The van der Waals surface area contributed by atoms with Crippen molar-refractivity contribution in [3.8, 4) is 0 Å². The zero-order valence-corrected chi connectivity index (χ0v) is 14.0. The second-order valence-corrected chi connectivity index (χ2v) is 7.47. The van der Waals surface area contributed by atoms with Crippen LogP contribution in [0.1, 0.15) is 39.1 Å². The third-order valence-corrected chi connectivity index (χ3v) is 4.96. The second kappa shape index (κ2) is 6.26. The van der Waals surface area contributed by atoms with Crippen LogP contribution >= 0.6 is 7.60 Å². The SMILES string of the molecule is Cc1nc2ncccn2c1CP(=O)(OC(C)C)OC(C)C. The van der Waals surface area contributed by atoms with Crippen LogP contribution in [0.4, 0.5) is 0 Å². The molecule has 0 unspecified atom stereocenters. The Morgan fingerprint density at radius 1 is 1.24 bits per heavy atom. The van der Waals surface area contributed by atoms with Crippen LogP contribution in [0.2, 0.25) is 0 Å². The van der Waals surface area contributed by atoms with Gasteiger partial charge in [-0.1, -0.05) is 0 Å². The molecule has 0 fully saturated rings. The number of imidazole rings is 1. The zero-order valence-electron chi connectivity index (χ0n) is 13.1. The number of hydrogen-bond acceptors (Lipinski definition) is 5. The van der Waals surface area contributed by atoms with Crippen LogP contribution in [0.25, 0.3) is 5.78 Å². The van der Waals surface area contributed by atoms with Crippen molar-refractivity contribution >= 4 is 13.4 Å². The summed E-state index contributed by atoms with van der Waals surface area (Å²) in [5, 5.41) is 0. The van der Waals surface area contributed by atoms with E-state index in [4.69, 9.17) is 9.05 Å². The zero-order chi connectivity index (χ0) is 15.6. The predicted octanol–water partition coefficient (Wildman–Crippen LogP) is 3.58. The van der Waals surface area contributed by atoms with Gasteiger partial charge in [0.15, 0.2) is 0 Å². The van der Waals surface area contributed by atoms with Gasteiger partial charge in [0.25, 0.3) is 0 Å². The van der Waals surface area contributed by atoms with E-state index in [9.17, 15) is 4.57 Å². The summed E-state index contributed by atoms with van der Waals surface area (Å²) in [6.45, 7) is 9.26. The first-order valence-corrected chi connectivity index (χ1v) is 8.78. The smallest absolute Gasteiger partial charge is 0.306 e. The summed E-state index contributed by atoms with van der Waals surface area (Å²) >= 11 is 0. The lowest BCUT2D eigenvalue weighted by Crippen LogP contribution is -2.10. The lowest BCUT2D eigenvalue weighted by Gasteiger charge is -2.22. The van der Waals surface area contributed by atoms with E-state index in [1.165, 1.54) is 0 Å². The van der Waals surface area contributed by atoms with Crippen molar-refractivity contribution in [3.63, 3.8) is 0 Å². The highest BCUT2D eigenvalue weighted by Crippen LogP contribution is 2.53. The fourth-order valence-electron chi connectivity index (χ4n) is 2.16. The standard InChI is InChI=1S/C14H22N3O3P/c1-10(2)19-21(18,20-11(3)4)9-13-12(5)16-14-15-7-6-8-17(13)14/h6-8,10-11H,9H2,1-5H3. The van der Waals surface area contributed by atoms with E-state index in [0.717, 1.165) is 11.4 Å². The first kappa shape index (κ1) is 16.1. The van der Waals surface area contributed by atoms with Crippen LogP contribution in [-0.4, -0.2) is 26.6 Å². The first-order chi connectivity index (χ1) is 9.81. The summed E-state index contributed by atoms with van der Waals surface area (Å²) in [5.41, 5.74) is 1.59. The first-order valence-electron chi connectivity index (χ1n) is 7.05. The van der Waals surface area contributed by atoms with Crippen LogP contribution in [0, 0.1) is 6.92 Å². The third kappa shape index (κ3) is 3.90. The minimum absolute atomic E-state index is 0.174. The van der Waals surface area contributed by atoms with Gasteiger partial charge >= 0.3 is 7.60 Å². The Labute approximate surface area is 125 Å². The summed E-state index contributed by atoms with van der Waals surface area (Å²) in [6, 6.07) is 1.81. The monoisotopic (exact) mass is 311 g/mol. The van der Waals surface area contributed by atoms with Crippen LogP contribution in [0.15, 0.2) is 18.5 Å². The van der Waals surface area contributed by atoms with Gasteiger partial charge in [0.05, 0.1) is 29.8 Å². The molecule has 2 heterocycles. The van der Waals surface area contributed by atoms with Gasteiger partial charge in [-0.2, -0.15) is 0 Å². The van der Waals surface area contributed by atoms with Gasteiger partial charge in [-0.3, -0.25) is 8.97 Å². The normalized spacial score (nSPS) is 12.7.